The number of halogens is 2. The Morgan fingerprint density at radius 1 is 0.708 bits per heavy atom. The third-order valence-corrected chi connectivity index (χ3v) is 29.1. The van der Waals surface area contributed by atoms with Crippen molar-refractivity contribution in [2.24, 2.45) is 0 Å². The zero-order valence-corrected chi connectivity index (χ0v) is 21.2. The van der Waals surface area contributed by atoms with Crippen LogP contribution in [0.15, 0.2) is 60.7 Å². The van der Waals surface area contributed by atoms with Crippen molar-refractivity contribution in [3.8, 4) is 0 Å². The number of benzene rings is 2. The molecule has 4 heteroatoms. The van der Waals surface area contributed by atoms with Crippen molar-refractivity contribution in [1.82, 2.24) is 0 Å². The molecule has 2 aliphatic rings. The number of rotatable bonds is 2. The molecule has 2 atom stereocenters. The van der Waals surface area contributed by atoms with Crippen molar-refractivity contribution in [2.75, 3.05) is 0 Å². The third-order valence-electron chi connectivity index (χ3n) is 5.64. The fourth-order valence-corrected chi connectivity index (χ4v) is 24.0. The maximum absolute atomic E-state index is 2.92. The summed E-state index contributed by atoms with van der Waals surface area (Å²) in [6, 6.07) is 18.0. The van der Waals surface area contributed by atoms with Gasteiger partial charge in [0.1, 0.15) is 0 Å². The Hall–Kier alpha value is -0.0740. The van der Waals surface area contributed by atoms with Crippen LogP contribution in [0.5, 0.6) is 0 Å². The molecule has 0 radical (unpaired) electrons. The molecule has 2 aromatic carbocycles. The summed E-state index contributed by atoms with van der Waals surface area (Å²) in [5, 5.41) is 0. The van der Waals surface area contributed by atoms with Crippen LogP contribution in [0.4, 0.5) is 0 Å². The zero-order valence-electron chi connectivity index (χ0n) is 14.1. The number of hydrogen-bond acceptors (Lipinski definition) is 0. The molecule has 4 rings (SSSR count). The molecule has 0 aliphatic heterocycles. The molecule has 0 aromatic heterocycles. The van der Waals surface area contributed by atoms with Gasteiger partial charge in [0.25, 0.3) is 0 Å². The molecule has 0 heterocycles. The number of allylic oxidation sites excluding steroid dienone is 2. The van der Waals surface area contributed by atoms with Gasteiger partial charge in [0.15, 0.2) is 0 Å². The van der Waals surface area contributed by atoms with Crippen molar-refractivity contribution >= 4 is 49.1 Å². The van der Waals surface area contributed by atoms with Gasteiger partial charge in [0.05, 0.1) is 0 Å². The molecule has 0 nitrogen and oxygen atoms in total. The van der Waals surface area contributed by atoms with Gasteiger partial charge in [0.2, 0.25) is 0 Å². The van der Waals surface area contributed by atoms with Crippen molar-refractivity contribution in [1.29, 1.82) is 0 Å². The first-order valence-electron chi connectivity index (χ1n) is 8.07. The van der Waals surface area contributed by atoms with Crippen LogP contribution in [0.1, 0.15) is 29.5 Å². The minimum absolute atomic E-state index is 0. The molecule has 0 saturated carbocycles. The van der Waals surface area contributed by atoms with Crippen LogP contribution in [-0.2, 0) is 15.7 Å². The monoisotopic (exact) mass is 498 g/mol. The Bertz CT molecular complexity index is 825. The second kappa shape index (κ2) is 6.91. The zero-order chi connectivity index (χ0) is 15.4. The van der Waals surface area contributed by atoms with Crippen LogP contribution in [0.25, 0.3) is 12.2 Å². The van der Waals surface area contributed by atoms with E-state index in [-0.39, 0.29) is 24.8 Å². The summed E-state index contributed by atoms with van der Waals surface area (Å²) < 4.78 is 6.77. The first kappa shape index (κ1) is 20.2. The molecule has 2 aliphatic carbocycles. The van der Waals surface area contributed by atoms with Gasteiger partial charge in [-0.2, -0.15) is 0 Å². The molecular formula is C20H24Cl2GeZr. The quantitative estimate of drug-likeness (QED) is 0.466. The molecule has 0 spiro atoms. The second-order valence-corrected chi connectivity index (χ2v) is 53.1. The normalized spacial score (nSPS) is 20.8. The fourth-order valence-electron chi connectivity index (χ4n) is 4.35. The van der Waals surface area contributed by atoms with E-state index in [4.69, 9.17) is 0 Å². The van der Waals surface area contributed by atoms with Gasteiger partial charge in [-0.15, -0.1) is 24.8 Å². The number of fused-ring (bicyclic) bond motifs is 2. The van der Waals surface area contributed by atoms with E-state index in [1.165, 1.54) is 23.3 Å². The number of hydrogen-bond donors (Lipinski definition) is 0. The Kier molecular flexibility index (Phi) is 5.83. The van der Waals surface area contributed by atoms with Crippen LogP contribution >= 0.6 is 24.8 Å². The van der Waals surface area contributed by atoms with Gasteiger partial charge in [0, 0.05) is 0 Å². The summed E-state index contributed by atoms with van der Waals surface area (Å²) in [4.78, 5) is 0. The third kappa shape index (κ3) is 3.07. The average molecular weight is 499 g/mol. The first-order valence-corrected chi connectivity index (χ1v) is 26.3. The minimum atomic E-state index is -2.92. The molecule has 24 heavy (non-hydrogen) atoms. The van der Waals surface area contributed by atoms with E-state index < -0.39 is 15.7 Å². The van der Waals surface area contributed by atoms with Crippen molar-refractivity contribution in [3.63, 3.8) is 0 Å². The molecule has 0 bridgehead atoms. The van der Waals surface area contributed by atoms with E-state index in [2.05, 4.69) is 82.1 Å². The summed E-state index contributed by atoms with van der Waals surface area (Å²) in [5.74, 6) is 0. The predicted molar refractivity (Wildman–Crippen MR) is 111 cm³/mol. The Labute approximate surface area is 163 Å². The molecule has 126 valence electrons. The molecular weight excluding hydrogens is 475 g/mol. The molecule has 0 saturated heterocycles. The van der Waals surface area contributed by atoms with Crippen molar-refractivity contribution in [2.45, 2.75) is 16.5 Å². The van der Waals surface area contributed by atoms with Crippen LogP contribution < -0.4 is 0 Å². The SMILES string of the molecule is Cl.Cl.[CH3][Zr]([CH3])(=[GeH2])([CH]1C=Cc2ccccc21)[CH]1C=Cc2ccccc21. The molecule has 2 aromatic rings. The van der Waals surface area contributed by atoms with Crippen LogP contribution in [0.2, 0.25) is 9.26 Å². The van der Waals surface area contributed by atoms with Crippen LogP contribution in [-0.4, -0.2) is 12.1 Å². The van der Waals surface area contributed by atoms with Gasteiger partial charge >= 0.3 is 139 Å². The van der Waals surface area contributed by atoms with Gasteiger partial charge in [-0.25, -0.2) is 0 Å². The van der Waals surface area contributed by atoms with E-state index in [0.29, 0.717) is 7.25 Å². The van der Waals surface area contributed by atoms with E-state index >= 15 is 0 Å². The van der Waals surface area contributed by atoms with Crippen LogP contribution in [0, 0.1) is 0 Å². The van der Waals surface area contributed by atoms with Gasteiger partial charge in [-0.1, -0.05) is 0 Å². The van der Waals surface area contributed by atoms with E-state index in [1.807, 2.05) is 0 Å². The van der Waals surface area contributed by atoms with E-state index in [1.54, 1.807) is 11.1 Å². The van der Waals surface area contributed by atoms with Crippen molar-refractivity contribution in [3.05, 3.63) is 82.9 Å². The average Bonchev–Trinajstić information content (AvgIpc) is 3.12. The Morgan fingerprint density at radius 2 is 1.08 bits per heavy atom. The molecule has 0 amide bonds. The summed E-state index contributed by atoms with van der Waals surface area (Å²) in [7, 11) is 0. The second-order valence-electron chi connectivity index (χ2n) is 7.87. The summed E-state index contributed by atoms with van der Waals surface area (Å²) in [5.41, 5.74) is 6.06. The maximum atomic E-state index is 2.69. The van der Waals surface area contributed by atoms with Gasteiger partial charge in [-0.05, 0) is 0 Å². The standard InChI is InChI=1S/2C9H7.2CH3.2ClH.GeH2.Zr/c2*1-2-5-9-7-3-6-8(9)4-1;;;;;;/h2*1-7H;2*1H3;2*1H;1H2;. The Balaban J connectivity index is 0.00000104. The first-order chi connectivity index (χ1) is 10.5. The summed E-state index contributed by atoms with van der Waals surface area (Å²) in [6.45, 7) is 0. The summed E-state index contributed by atoms with van der Waals surface area (Å²) >= 11 is -1.45. The molecule has 0 fully saturated rings. The molecule has 0 N–H and O–H groups in total. The van der Waals surface area contributed by atoms with Crippen LogP contribution in [0.3, 0.4) is 0 Å². The fraction of sp³-hybridized carbons (Fsp3) is 0.200. The topological polar surface area (TPSA) is 0 Å². The van der Waals surface area contributed by atoms with Gasteiger partial charge in [-0.3, -0.25) is 0 Å². The summed E-state index contributed by atoms with van der Waals surface area (Å²) in [6.07, 6.45) is 9.77. The Morgan fingerprint density at radius 3 is 1.50 bits per heavy atom. The van der Waals surface area contributed by atoms with E-state index in [9.17, 15) is 0 Å². The van der Waals surface area contributed by atoms with Crippen molar-refractivity contribution < 1.29 is 15.7 Å². The predicted octanol–water partition coefficient (Wildman–Crippen LogP) is 5.70. The van der Waals surface area contributed by atoms with E-state index in [0.717, 1.165) is 0 Å². The van der Waals surface area contributed by atoms with Gasteiger partial charge < -0.3 is 0 Å². The molecule has 2 unspecified atom stereocenters.